The van der Waals surface area contributed by atoms with E-state index in [0.29, 0.717) is 6.42 Å². The lowest BCUT2D eigenvalue weighted by Crippen LogP contribution is -2.44. The predicted molar refractivity (Wildman–Crippen MR) is 63.2 cm³/mol. The minimum Gasteiger partial charge on any atom is -0.334 e. The Hall–Kier alpha value is -1.60. The maximum absolute atomic E-state index is 13.4. The Morgan fingerprint density at radius 2 is 2.29 bits per heavy atom. The van der Waals surface area contributed by atoms with Gasteiger partial charge in [0.1, 0.15) is 11.4 Å². The van der Waals surface area contributed by atoms with E-state index in [1.165, 1.54) is 12.1 Å². The molecule has 0 spiro atoms. The van der Waals surface area contributed by atoms with Gasteiger partial charge in [0.25, 0.3) is 5.91 Å². The van der Waals surface area contributed by atoms with Gasteiger partial charge in [-0.25, -0.2) is 4.39 Å². The van der Waals surface area contributed by atoms with Gasteiger partial charge in [-0.2, -0.15) is 5.26 Å². The molecule has 0 bridgehead atoms. The number of carbonyl (C=O) groups is 1. The minimum atomic E-state index is -1.01. The van der Waals surface area contributed by atoms with Gasteiger partial charge >= 0.3 is 0 Å². The van der Waals surface area contributed by atoms with Gasteiger partial charge in [-0.15, -0.1) is 0 Å². The monoisotopic (exact) mass is 254 g/mol. The molecule has 1 aromatic rings. The van der Waals surface area contributed by atoms with Crippen LogP contribution in [-0.4, -0.2) is 11.4 Å². The number of nitrogens with one attached hydrogen (secondary N) is 1. The van der Waals surface area contributed by atoms with Crippen molar-refractivity contribution >= 4 is 17.5 Å². The topological polar surface area (TPSA) is 52.9 Å². The fourth-order valence-electron chi connectivity index (χ4n) is 1.18. The molecule has 0 aliphatic heterocycles. The first-order chi connectivity index (χ1) is 7.91. The molecular weight excluding hydrogens is 243 g/mol. The molecule has 0 aliphatic rings. The summed E-state index contributed by atoms with van der Waals surface area (Å²) in [5.74, 6) is -1.31. The predicted octanol–water partition coefficient (Wildman–Crippen LogP) is 2.90. The largest absolute Gasteiger partial charge is 0.334 e. The van der Waals surface area contributed by atoms with Crippen LogP contribution in [0, 0.1) is 17.1 Å². The second-order valence-electron chi connectivity index (χ2n) is 3.88. The number of benzene rings is 1. The number of halogens is 2. The Morgan fingerprint density at radius 1 is 1.65 bits per heavy atom. The molecule has 0 aliphatic carbocycles. The third-order valence-electron chi connectivity index (χ3n) is 2.52. The van der Waals surface area contributed by atoms with Crippen molar-refractivity contribution in [3.8, 4) is 6.07 Å². The molecule has 1 atom stereocenters. The maximum atomic E-state index is 13.4. The molecule has 5 heteroatoms. The van der Waals surface area contributed by atoms with Crippen molar-refractivity contribution in [1.29, 1.82) is 5.26 Å². The second-order valence-corrected chi connectivity index (χ2v) is 4.31. The number of nitriles is 1. The molecule has 3 nitrogen and oxygen atoms in total. The highest BCUT2D eigenvalue weighted by Crippen LogP contribution is 2.16. The van der Waals surface area contributed by atoms with Crippen LogP contribution in [-0.2, 0) is 0 Å². The molecular formula is C12H12ClFN2O. The van der Waals surface area contributed by atoms with E-state index < -0.39 is 17.3 Å². The van der Waals surface area contributed by atoms with Gasteiger partial charge in [-0.05, 0) is 31.5 Å². The maximum Gasteiger partial charge on any atom is 0.255 e. The van der Waals surface area contributed by atoms with Gasteiger partial charge in [0.2, 0.25) is 0 Å². The number of carbonyl (C=O) groups excluding carboxylic acids is 1. The van der Waals surface area contributed by atoms with Crippen LogP contribution < -0.4 is 5.32 Å². The van der Waals surface area contributed by atoms with Crippen molar-refractivity contribution in [2.45, 2.75) is 25.8 Å². The Balaban J connectivity index is 2.99. The molecule has 1 rings (SSSR count). The van der Waals surface area contributed by atoms with Crippen LogP contribution in [0.25, 0.3) is 0 Å². The first-order valence-corrected chi connectivity index (χ1v) is 5.48. The van der Waals surface area contributed by atoms with Crippen molar-refractivity contribution in [3.63, 3.8) is 0 Å². The van der Waals surface area contributed by atoms with Crippen LogP contribution in [0.15, 0.2) is 18.2 Å². The Labute approximate surface area is 104 Å². The third-order valence-corrected chi connectivity index (χ3v) is 2.75. The molecule has 0 radical (unpaired) electrons. The first kappa shape index (κ1) is 13.5. The number of rotatable bonds is 3. The Morgan fingerprint density at radius 3 is 2.82 bits per heavy atom. The molecule has 0 fully saturated rings. The quantitative estimate of drug-likeness (QED) is 0.902. The second kappa shape index (κ2) is 5.15. The summed E-state index contributed by atoms with van der Waals surface area (Å²) < 4.78 is 13.4. The van der Waals surface area contributed by atoms with Gasteiger partial charge in [0.15, 0.2) is 0 Å². The van der Waals surface area contributed by atoms with Crippen molar-refractivity contribution in [2.75, 3.05) is 0 Å². The molecule has 17 heavy (non-hydrogen) atoms. The molecule has 1 aromatic carbocycles. The van der Waals surface area contributed by atoms with Gasteiger partial charge in [0.05, 0.1) is 11.6 Å². The fraction of sp³-hybridized carbons (Fsp3) is 0.333. The van der Waals surface area contributed by atoms with Crippen molar-refractivity contribution in [1.82, 2.24) is 5.32 Å². The fourth-order valence-corrected chi connectivity index (χ4v) is 1.36. The summed E-state index contributed by atoms with van der Waals surface area (Å²) in [6.07, 6.45) is 0.428. The van der Waals surface area contributed by atoms with E-state index in [1.807, 2.05) is 6.07 Å². The van der Waals surface area contributed by atoms with Crippen LogP contribution in [0.4, 0.5) is 4.39 Å². The summed E-state index contributed by atoms with van der Waals surface area (Å²) in [5.41, 5.74) is -1.17. The highest BCUT2D eigenvalue weighted by molar-refractivity contribution is 6.31. The first-order valence-electron chi connectivity index (χ1n) is 5.10. The minimum absolute atomic E-state index is 0.160. The smallest absolute Gasteiger partial charge is 0.255 e. The summed E-state index contributed by atoms with van der Waals surface area (Å²) in [6, 6.07) is 5.69. The molecule has 90 valence electrons. The van der Waals surface area contributed by atoms with E-state index >= 15 is 0 Å². The standard InChI is InChI=1S/C12H12ClFN2O/c1-3-12(2,7-15)16-11(17)9-6-8(13)4-5-10(9)14/h4-6H,3H2,1-2H3,(H,16,17)/t12-/m0/s1. The summed E-state index contributed by atoms with van der Waals surface area (Å²) in [6.45, 7) is 3.34. The Bertz CT molecular complexity index is 484. The van der Waals surface area contributed by atoms with E-state index in [1.54, 1.807) is 13.8 Å². The van der Waals surface area contributed by atoms with E-state index in [-0.39, 0.29) is 10.6 Å². The van der Waals surface area contributed by atoms with Gasteiger partial charge in [0, 0.05) is 5.02 Å². The van der Waals surface area contributed by atoms with Crippen LogP contribution in [0.5, 0.6) is 0 Å². The number of hydrogen-bond acceptors (Lipinski definition) is 2. The van der Waals surface area contributed by atoms with E-state index in [9.17, 15) is 9.18 Å². The Kier molecular flexibility index (Phi) is 4.08. The van der Waals surface area contributed by atoms with Crippen molar-refractivity contribution in [3.05, 3.63) is 34.6 Å². The number of amides is 1. The van der Waals surface area contributed by atoms with E-state index in [4.69, 9.17) is 16.9 Å². The third kappa shape index (κ3) is 3.18. The molecule has 0 unspecified atom stereocenters. The van der Waals surface area contributed by atoms with Crippen molar-refractivity contribution in [2.24, 2.45) is 0 Å². The summed E-state index contributed by atoms with van der Waals surface area (Å²) >= 11 is 5.69. The lowest BCUT2D eigenvalue weighted by Gasteiger charge is -2.21. The van der Waals surface area contributed by atoms with E-state index in [0.717, 1.165) is 6.07 Å². The summed E-state index contributed by atoms with van der Waals surface area (Å²) in [4.78, 5) is 11.8. The lowest BCUT2D eigenvalue weighted by atomic mass is 10.0. The highest BCUT2D eigenvalue weighted by atomic mass is 35.5. The molecule has 1 N–H and O–H groups in total. The van der Waals surface area contributed by atoms with Crippen molar-refractivity contribution < 1.29 is 9.18 Å². The molecule has 0 heterocycles. The molecule has 1 amide bonds. The molecule has 0 aromatic heterocycles. The van der Waals surface area contributed by atoms with Crippen LogP contribution >= 0.6 is 11.6 Å². The average molecular weight is 255 g/mol. The zero-order valence-corrected chi connectivity index (χ0v) is 10.3. The highest BCUT2D eigenvalue weighted by Gasteiger charge is 2.25. The SMILES string of the molecule is CC[C@@](C)(C#N)NC(=O)c1cc(Cl)ccc1F. The van der Waals surface area contributed by atoms with Gasteiger partial charge in [-0.3, -0.25) is 4.79 Å². The van der Waals surface area contributed by atoms with Gasteiger partial charge in [-0.1, -0.05) is 18.5 Å². The number of nitrogens with zero attached hydrogens (tertiary/aromatic N) is 1. The summed E-state index contributed by atoms with van der Waals surface area (Å²) in [5, 5.41) is 11.7. The van der Waals surface area contributed by atoms with Crippen LogP contribution in [0.2, 0.25) is 5.02 Å². The molecule has 0 saturated carbocycles. The summed E-state index contributed by atoms with van der Waals surface area (Å²) in [7, 11) is 0. The van der Waals surface area contributed by atoms with Crippen LogP contribution in [0.1, 0.15) is 30.6 Å². The zero-order chi connectivity index (χ0) is 13.1. The normalized spacial score (nSPS) is 13.6. The number of hydrogen-bond donors (Lipinski definition) is 1. The van der Waals surface area contributed by atoms with E-state index in [2.05, 4.69) is 5.32 Å². The van der Waals surface area contributed by atoms with Crippen LogP contribution in [0.3, 0.4) is 0 Å². The van der Waals surface area contributed by atoms with Gasteiger partial charge < -0.3 is 5.32 Å². The molecule has 0 saturated heterocycles. The average Bonchev–Trinajstić information content (AvgIpc) is 2.32. The lowest BCUT2D eigenvalue weighted by molar-refractivity contribution is 0.0919. The zero-order valence-electron chi connectivity index (χ0n) is 9.55.